The van der Waals surface area contributed by atoms with Gasteiger partial charge in [-0.05, 0) is 12.0 Å². The maximum absolute atomic E-state index is 12.2. The van der Waals surface area contributed by atoms with Gasteiger partial charge in [-0.3, -0.25) is 4.68 Å². The van der Waals surface area contributed by atoms with Crippen molar-refractivity contribution in [1.29, 1.82) is 0 Å². The van der Waals surface area contributed by atoms with E-state index in [-0.39, 0.29) is 5.69 Å². The number of hydrogen-bond acceptors (Lipinski definition) is 1. The topological polar surface area (TPSA) is 17.8 Å². The minimum Gasteiger partial charge on any atom is -0.275 e. The highest BCUT2D eigenvalue weighted by Gasteiger charge is 2.15. The van der Waals surface area contributed by atoms with E-state index in [0.29, 0.717) is 12.0 Å². The van der Waals surface area contributed by atoms with E-state index in [1.54, 1.807) is 13.2 Å². The Morgan fingerprint density at radius 2 is 2.27 bits per heavy atom. The molecule has 4 heteroatoms. The molecule has 62 valence electrons. The molecule has 0 unspecified atom stereocenters. The van der Waals surface area contributed by atoms with E-state index in [4.69, 9.17) is 0 Å². The van der Waals surface area contributed by atoms with Gasteiger partial charge >= 0.3 is 0 Å². The van der Waals surface area contributed by atoms with Gasteiger partial charge in [0.05, 0.1) is 0 Å². The summed E-state index contributed by atoms with van der Waals surface area (Å²) >= 11 is 0. The van der Waals surface area contributed by atoms with E-state index in [1.165, 1.54) is 4.68 Å². The maximum Gasteiger partial charge on any atom is 0.282 e. The SMILES string of the molecule is CCc1cn(C)nc1C(F)F. The molecule has 0 amide bonds. The lowest BCUT2D eigenvalue weighted by Gasteiger charge is -1.94. The van der Waals surface area contributed by atoms with E-state index >= 15 is 0 Å². The van der Waals surface area contributed by atoms with Crippen LogP contribution in [0.5, 0.6) is 0 Å². The normalized spacial score (nSPS) is 11.0. The minimum absolute atomic E-state index is 0.0880. The molecule has 1 heterocycles. The lowest BCUT2D eigenvalue weighted by molar-refractivity contribution is 0.144. The first-order valence-electron chi connectivity index (χ1n) is 3.45. The first kappa shape index (κ1) is 8.17. The Labute approximate surface area is 63.8 Å². The van der Waals surface area contributed by atoms with Crippen molar-refractivity contribution in [3.8, 4) is 0 Å². The molecule has 0 N–H and O–H groups in total. The fraction of sp³-hybridized carbons (Fsp3) is 0.571. The highest BCUT2D eigenvalue weighted by atomic mass is 19.3. The molecule has 0 aromatic carbocycles. The first-order chi connectivity index (χ1) is 5.15. The van der Waals surface area contributed by atoms with Crippen LogP contribution in [0.1, 0.15) is 24.6 Å². The van der Waals surface area contributed by atoms with E-state index in [0.717, 1.165) is 0 Å². The van der Waals surface area contributed by atoms with Gasteiger partial charge in [0.15, 0.2) is 0 Å². The molecule has 0 aliphatic heterocycles. The van der Waals surface area contributed by atoms with Gasteiger partial charge in [-0.2, -0.15) is 5.10 Å². The van der Waals surface area contributed by atoms with Crippen LogP contribution in [0, 0.1) is 0 Å². The van der Waals surface area contributed by atoms with E-state index in [9.17, 15) is 8.78 Å². The Balaban J connectivity index is 3.02. The van der Waals surface area contributed by atoms with E-state index in [1.807, 2.05) is 6.92 Å². The second-order valence-electron chi connectivity index (χ2n) is 2.37. The molecule has 1 aromatic rings. The van der Waals surface area contributed by atoms with Crippen molar-refractivity contribution in [2.75, 3.05) is 0 Å². The van der Waals surface area contributed by atoms with Crippen molar-refractivity contribution in [1.82, 2.24) is 9.78 Å². The third kappa shape index (κ3) is 1.56. The molecule has 11 heavy (non-hydrogen) atoms. The van der Waals surface area contributed by atoms with Gasteiger partial charge in [-0.15, -0.1) is 0 Å². The fourth-order valence-corrected chi connectivity index (χ4v) is 1.01. The van der Waals surface area contributed by atoms with Gasteiger partial charge in [-0.25, -0.2) is 8.78 Å². The number of aryl methyl sites for hydroxylation is 2. The molecule has 2 nitrogen and oxygen atoms in total. The molecule has 0 bridgehead atoms. The Bertz CT molecular complexity index is 243. The van der Waals surface area contributed by atoms with Crippen LogP contribution in [0.4, 0.5) is 8.78 Å². The Kier molecular flexibility index (Phi) is 2.22. The van der Waals surface area contributed by atoms with E-state index < -0.39 is 6.43 Å². The predicted octanol–water partition coefficient (Wildman–Crippen LogP) is 1.92. The van der Waals surface area contributed by atoms with Crippen molar-refractivity contribution in [3.05, 3.63) is 17.5 Å². The summed E-state index contributed by atoms with van der Waals surface area (Å²) in [5.41, 5.74) is 0.539. The van der Waals surface area contributed by atoms with Crippen molar-refractivity contribution in [2.24, 2.45) is 7.05 Å². The molecule has 0 fully saturated rings. The molecule has 0 saturated carbocycles. The van der Waals surface area contributed by atoms with Crippen molar-refractivity contribution in [3.63, 3.8) is 0 Å². The molecule has 1 rings (SSSR count). The number of nitrogens with zero attached hydrogens (tertiary/aromatic N) is 2. The first-order valence-corrected chi connectivity index (χ1v) is 3.45. The second kappa shape index (κ2) is 2.98. The maximum atomic E-state index is 12.2. The summed E-state index contributed by atoms with van der Waals surface area (Å²) in [4.78, 5) is 0. The zero-order chi connectivity index (χ0) is 8.43. The molecule has 0 spiro atoms. The van der Waals surface area contributed by atoms with E-state index in [2.05, 4.69) is 5.10 Å². The summed E-state index contributed by atoms with van der Waals surface area (Å²) in [6.45, 7) is 1.84. The van der Waals surface area contributed by atoms with Crippen molar-refractivity contribution in [2.45, 2.75) is 19.8 Å². The second-order valence-corrected chi connectivity index (χ2v) is 2.37. The summed E-state index contributed by atoms with van der Waals surface area (Å²) in [6, 6.07) is 0. The molecule has 0 aliphatic rings. The predicted molar refractivity (Wildman–Crippen MR) is 37.5 cm³/mol. The quantitative estimate of drug-likeness (QED) is 0.646. The number of aromatic nitrogens is 2. The van der Waals surface area contributed by atoms with Crippen LogP contribution >= 0.6 is 0 Å². The Hall–Kier alpha value is -0.930. The molecular weight excluding hydrogens is 150 g/mol. The summed E-state index contributed by atoms with van der Waals surface area (Å²) < 4.78 is 25.7. The summed E-state index contributed by atoms with van der Waals surface area (Å²) in [5, 5.41) is 3.65. The number of halogens is 2. The average molecular weight is 160 g/mol. The van der Waals surface area contributed by atoms with Crippen molar-refractivity contribution >= 4 is 0 Å². The van der Waals surface area contributed by atoms with Gasteiger partial charge < -0.3 is 0 Å². The third-order valence-electron chi connectivity index (χ3n) is 1.52. The van der Waals surface area contributed by atoms with Crippen LogP contribution in [-0.2, 0) is 13.5 Å². The molecular formula is C7H10F2N2. The number of alkyl halides is 2. The van der Waals surface area contributed by atoms with Crippen LogP contribution < -0.4 is 0 Å². The molecule has 0 atom stereocenters. The zero-order valence-electron chi connectivity index (χ0n) is 6.51. The highest BCUT2D eigenvalue weighted by molar-refractivity contribution is 5.17. The van der Waals surface area contributed by atoms with Gasteiger partial charge in [0.2, 0.25) is 0 Å². The molecule has 1 aromatic heterocycles. The number of hydrogen-bond donors (Lipinski definition) is 0. The van der Waals surface area contributed by atoms with Crippen LogP contribution in [0.15, 0.2) is 6.20 Å². The standard InChI is InChI=1S/C7H10F2N2/c1-3-5-4-11(2)10-6(5)7(8)9/h4,7H,3H2,1-2H3. The van der Waals surface area contributed by atoms with Crippen LogP contribution in [0.25, 0.3) is 0 Å². The summed E-state index contributed by atoms with van der Waals surface area (Å²) in [7, 11) is 1.64. The van der Waals surface area contributed by atoms with Crippen LogP contribution in [-0.4, -0.2) is 9.78 Å². The molecule has 0 radical (unpaired) electrons. The number of rotatable bonds is 2. The van der Waals surface area contributed by atoms with Gasteiger partial charge in [0.1, 0.15) is 5.69 Å². The summed E-state index contributed by atoms with van der Waals surface area (Å²) in [5.74, 6) is 0. The lowest BCUT2D eigenvalue weighted by Crippen LogP contribution is -1.92. The monoisotopic (exact) mass is 160 g/mol. The Morgan fingerprint density at radius 1 is 1.64 bits per heavy atom. The molecule has 0 saturated heterocycles. The van der Waals surface area contributed by atoms with Gasteiger partial charge in [0, 0.05) is 13.2 Å². The van der Waals surface area contributed by atoms with Crippen LogP contribution in [0.3, 0.4) is 0 Å². The van der Waals surface area contributed by atoms with Gasteiger partial charge in [-0.1, -0.05) is 6.92 Å². The fourth-order valence-electron chi connectivity index (χ4n) is 1.01. The molecule has 0 aliphatic carbocycles. The third-order valence-corrected chi connectivity index (χ3v) is 1.52. The highest BCUT2D eigenvalue weighted by Crippen LogP contribution is 2.20. The zero-order valence-corrected chi connectivity index (χ0v) is 6.51. The minimum atomic E-state index is -2.45. The lowest BCUT2D eigenvalue weighted by atomic mass is 10.2. The Morgan fingerprint density at radius 3 is 2.64 bits per heavy atom. The largest absolute Gasteiger partial charge is 0.282 e. The van der Waals surface area contributed by atoms with Crippen LogP contribution in [0.2, 0.25) is 0 Å². The smallest absolute Gasteiger partial charge is 0.275 e. The average Bonchev–Trinajstić information content (AvgIpc) is 2.30. The summed E-state index contributed by atoms with van der Waals surface area (Å²) in [6.07, 6.45) is -0.221. The van der Waals surface area contributed by atoms with Gasteiger partial charge in [0.25, 0.3) is 6.43 Å². The van der Waals surface area contributed by atoms with Crippen molar-refractivity contribution < 1.29 is 8.78 Å².